The molecule has 22 heavy (non-hydrogen) atoms. The topological polar surface area (TPSA) is 64.0 Å². The Morgan fingerprint density at radius 2 is 1.95 bits per heavy atom. The van der Waals surface area contributed by atoms with Gasteiger partial charge >= 0.3 is 0 Å². The van der Waals surface area contributed by atoms with Crippen LogP contribution in [0.4, 0.5) is 0 Å². The van der Waals surface area contributed by atoms with Crippen molar-refractivity contribution >= 4 is 21.6 Å². The van der Waals surface area contributed by atoms with E-state index in [2.05, 4.69) is 23.7 Å². The van der Waals surface area contributed by atoms with Gasteiger partial charge in [-0.05, 0) is 30.0 Å². The van der Waals surface area contributed by atoms with Gasteiger partial charge < -0.3 is 0 Å². The van der Waals surface area contributed by atoms with Crippen LogP contribution in [0.3, 0.4) is 0 Å². The number of sulfonamides is 1. The van der Waals surface area contributed by atoms with Crippen LogP contribution in [-0.4, -0.2) is 24.7 Å². The summed E-state index contributed by atoms with van der Waals surface area (Å²) in [6.45, 7) is 5.11. The molecule has 0 spiro atoms. The first-order valence-corrected chi connectivity index (χ1v) is 9.02. The fourth-order valence-electron chi connectivity index (χ4n) is 2.02. The molecule has 2 rings (SSSR count). The molecule has 1 heterocycles. The Labute approximate surface area is 136 Å². The summed E-state index contributed by atoms with van der Waals surface area (Å²) in [7, 11) is -3.46. The monoisotopic (exact) mass is 341 g/mol. The van der Waals surface area contributed by atoms with Crippen molar-refractivity contribution in [2.24, 2.45) is 0 Å². The van der Waals surface area contributed by atoms with Crippen LogP contribution in [0.25, 0.3) is 0 Å². The molecule has 5 nitrogen and oxygen atoms in total. The molecule has 0 radical (unpaired) electrons. The molecule has 1 aromatic carbocycles. The molecular weight excluding hydrogens is 322 g/mol. The first-order valence-electron chi connectivity index (χ1n) is 7.16. The van der Waals surface area contributed by atoms with E-state index < -0.39 is 10.0 Å². The number of nitrogens with zero attached hydrogens (tertiary/aromatic N) is 2. The zero-order chi connectivity index (χ0) is 16.2. The number of nitrogens with one attached hydrogen (secondary N) is 1. The van der Waals surface area contributed by atoms with Crippen molar-refractivity contribution in [2.45, 2.75) is 37.6 Å². The molecule has 0 amide bonds. The van der Waals surface area contributed by atoms with Crippen LogP contribution in [0.1, 0.15) is 31.7 Å². The lowest BCUT2D eigenvalue weighted by atomic mass is 10.0. The fourth-order valence-corrected chi connectivity index (χ4v) is 3.25. The van der Waals surface area contributed by atoms with Crippen LogP contribution in [0.5, 0.6) is 0 Å². The number of benzene rings is 1. The van der Waals surface area contributed by atoms with Crippen molar-refractivity contribution in [1.29, 1.82) is 0 Å². The predicted molar refractivity (Wildman–Crippen MR) is 87.6 cm³/mol. The Morgan fingerprint density at radius 1 is 1.27 bits per heavy atom. The first-order chi connectivity index (χ1) is 10.4. The SMILES string of the molecule is CC(C)c1ccc(S(=O)(=O)NCCCn2cc(Cl)cn2)cc1. The summed E-state index contributed by atoms with van der Waals surface area (Å²) in [5.74, 6) is 0.380. The van der Waals surface area contributed by atoms with Gasteiger partial charge in [-0.2, -0.15) is 5.10 Å². The molecule has 0 unspecified atom stereocenters. The molecule has 0 saturated carbocycles. The van der Waals surface area contributed by atoms with Gasteiger partial charge in [0.05, 0.1) is 16.1 Å². The molecule has 1 N–H and O–H groups in total. The third kappa shape index (κ3) is 4.56. The predicted octanol–water partition coefficient (Wildman–Crippen LogP) is 3.03. The quantitative estimate of drug-likeness (QED) is 0.787. The van der Waals surface area contributed by atoms with Gasteiger partial charge in [-0.1, -0.05) is 37.6 Å². The molecule has 0 fully saturated rings. The lowest BCUT2D eigenvalue weighted by molar-refractivity contribution is 0.553. The largest absolute Gasteiger partial charge is 0.271 e. The van der Waals surface area contributed by atoms with E-state index in [1.54, 1.807) is 29.2 Å². The summed E-state index contributed by atoms with van der Waals surface area (Å²) in [6.07, 6.45) is 3.91. The Bertz CT molecular complexity index is 709. The average molecular weight is 342 g/mol. The maximum Gasteiger partial charge on any atom is 0.240 e. The maximum atomic E-state index is 12.2. The van der Waals surface area contributed by atoms with Crippen LogP contribution in [0.2, 0.25) is 5.02 Å². The van der Waals surface area contributed by atoms with Crippen LogP contribution < -0.4 is 4.72 Å². The van der Waals surface area contributed by atoms with E-state index in [9.17, 15) is 8.42 Å². The van der Waals surface area contributed by atoms with E-state index in [1.807, 2.05) is 12.1 Å². The molecule has 2 aromatic rings. The zero-order valence-corrected chi connectivity index (χ0v) is 14.2. The molecule has 0 aliphatic heterocycles. The minimum Gasteiger partial charge on any atom is -0.271 e. The van der Waals surface area contributed by atoms with Gasteiger partial charge in [0.15, 0.2) is 0 Å². The van der Waals surface area contributed by atoms with E-state index >= 15 is 0 Å². The van der Waals surface area contributed by atoms with Crippen molar-refractivity contribution in [3.63, 3.8) is 0 Å². The molecular formula is C15H20ClN3O2S. The Kier molecular flexibility index (Phi) is 5.61. The summed E-state index contributed by atoms with van der Waals surface area (Å²) in [6, 6.07) is 6.99. The van der Waals surface area contributed by atoms with Crippen molar-refractivity contribution < 1.29 is 8.42 Å². The summed E-state index contributed by atoms with van der Waals surface area (Å²) < 4.78 is 28.6. The smallest absolute Gasteiger partial charge is 0.240 e. The molecule has 0 aliphatic rings. The van der Waals surface area contributed by atoms with E-state index in [0.29, 0.717) is 35.3 Å². The second kappa shape index (κ2) is 7.26. The number of rotatable bonds is 7. The first kappa shape index (κ1) is 17.0. The molecule has 1 aromatic heterocycles. The van der Waals surface area contributed by atoms with Crippen molar-refractivity contribution in [2.75, 3.05) is 6.54 Å². The molecule has 7 heteroatoms. The highest BCUT2D eigenvalue weighted by Crippen LogP contribution is 2.17. The average Bonchev–Trinajstić information content (AvgIpc) is 2.89. The zero-order valence-electron chi connectivity index (χ0n) is 12.7. The summed E-state index contributed by atoms with van der Waals surface area (Å²) in [4.78, 5) is 0.291. The number of aromatic nitrogens is 2. The van der Waals surface area contributed by atoms with Crippen molar-refractivity contribution in [1.82, 2.24) is 14.5 Å². The summed E-state index contributed by atoms with van der Waals surface area (Å²) >= 11 is 5.77. The Balaban J connectivity index is 1.87. The highest BCUT2D eigenvalue weighted by molar-refractivity contribution is 7.89. The standard InChI is InChI=1S/C15H20ClN3O2S/c1-12(2)13-4-6-15(7-5-13)22(20,21)18-8-3-9-19-11-14(16)10-17-19/h4-7,10-12,18H,3,8-9H2,1-2H3. The van der Waals surface area contributed by atoms with Crippen LogP contribution in [-0.2, 0) is 16.6 Å². The van der Waals surface area contributed by atoms with Crippen LogP contribution >= 0.6 is 11.6 Å². The summed E-state index contributed by atoms with van der Waals surface area (Å²) in [5.41, 5.74) is 1.12. The third-order valence-corrected chi connectivity index (χ3v) is 4.99. The molecule has 0 atom stereocenters. The lowest BCUT2D eigenvalue weighted by Gasteiger charge is -2.09. The van der Waals surface area contributed by atoms with Gasteiger partial charge in [0.25, 0.3) is 0 Å². The maximum absolute atomic E-state index is 12.2. The van der Waals surface area contributed by atoms with Crippen molar-refractivity contribution in [3.8, 4) is 0 Å². The second-order valence-electron chi connectivity index (χ2n) is 5.40. The van der Waals surface area contributed by atoms with Crippen LogP contribution in [0.15, 0.2) is 41.6 Å². The number of halogens is 1. The molecule has 120 valence electrons. The number of aryl methyl sites for hydroxylation is 1. The Morgan fingerprint density at radius 3 is 2.50 bits per heavy atom. The summed E-state index contributed by atoms with van der Waals surface area (Å²) in [5, 5.41) is 4.62. The van der Waals surface area contributed by atoms with E-state index in [-0.39, 0.29) is 0 Å². The number of hydrogen-bond acceptors (Lipinski definition) is 3. The van der Waals surface area contributed by atoms with Gasteiger partial charge in [-0.3, -0.25) is 4.68 Å². The van der Waals surface area contributed by atoms with Crippen molar-refractivity contribution in [3.05, 3.63) is 47.2 Å². The van der Waals surface area contributed by atoms with Crippen LogP contribution in [0, 0.1) is 0 Å². The van der Waals surface area contributed by atoms with Gasteiger partial charge in [0.2, 0.25) is 10.0 Å². The van der Waals surface area contributed by atoms with Gasteiger partial charge in [0, 0.05) is 19.3 Å². The lowest BCUT2D eigenvalue weighted by Crippen LogP contribution is -2.25. The van der Waals surface area contributed by atoms with E-state index in [0.717, 1.165) is 5.56 Å². The molecule has 0 bridgehead atoms. The van der Waals surface area contributed by atoms with E-state index in [4.69, 9.17) is 11.6 Å². The molecule has 0 aliphatic carbocycles. The van der Waals surface area contributed by atoms with Gasteiger partial charge in [-0.25, -0.2) is 13.1 Å². The number of hydrogen-bond donors (Lipinski definition) is 1. The fraction of sp³-hybridized carbons (Fsp3) is 0.400. The van der Waals surface area contributed by atoms with Gasteiger partial charge in [-0.15, -0.1) is 0 Å². The molecule has 0 saturated heterocycles. The minimum atomic E-state index is -3.46. The second-order valence-corrected chi connectivity index (χ2v) is 7.60. The third-order valence-electron chi connectivity index (χ3n) is 3.31. The van der Waals surface area contributed by atoms with Gasteiger partial charge in [0.1, 0.15) is 0 Å². The highest BCUT2D eigenvalue weighted by Gasteiger charge is 2.13. The Hall–Kier alpha value is -1.37. The van der Waals surface area contributed by atoms with E-state index in [1.165, 1.54) is 0 Å². The minimum absolute atomic E-state index is 0.291. The normalized spacial score (nSPS) is 12.0. The highest BCUT2D eigenvalue weighted by atomic mass is 35.5.